The van der Waals surface area contributed by atoms with Crippen LogP contribution < -0.4 is 0 Å². The first-order valence-corrected chi connectivity index (χ1v) is 12.4. The van der Waals surface area contributed by atoms with Crippen molar-refractivity contribution in [3.63, 3.8) is 0 Å². The average molecular weight is 427 g/mol. The van der Waals surface area contributed by atoms with Gasteiger partial charge in [0.2, 0.25) is 4.96 Å². The van der Waals surface area contributed by atoms with Crippen LogP contribution in [0.3, 0.4) is 0 Å². The highest BCUT2D eigenvalue weighted by Crippen LogP contribution is 2.60. The first-order chi connectivity index (χ1) is 15.2. The smallest absolute Gasteiger partial charge is 0.187 e. The third-order valence-electron chi connectivity index (χ3n) is 7.96. The minimum atomic E-state index is 0.233. The summed E-state index contributed by atoms with van der Waals surface area (Å²) in [4.78, 5) is 0.960. The summed E-state index contributed by atoms with van der Waals surface area (Å²) in [6, 6.07) is 19.4. The maximum Gasteiger partial charge on any atom is 0.234 e. The van der Waals surface area contributed by atoms with E-state index in [0.29, 0.717) is 0 Å². The molecule has 2 aromatic carbocycles. The van der Waals surface area contributed by atoms with Crippen molar-refractivity contribution >= 4 is 16.3 Å². The molecule has 0 unspecified atom stereocenters. The molecule has 2 heterocycles. The lowest BCUT2D eigenvalue weighted by molar-refractivity contribution is -0.0103. The summed E-state index contributed by atoms with van der Waals surface area (Å²) in [6.07, 6.45) is 9.09. The van der Waals surface area contributed by atoms with E-state index >= 15 is 0 Å². The van der Waals surface area contributed by atoms with Gasteiger partial charge in [-0.2, -0.15) is 9.61 Å². The number of nitrogens with zero attached hydrogens (tertiary/aromatic N) is 4. The van der Waals surface area contributed by atoms with Crippen LogP contribution in [-0.4, -0.2) is 19.8 Å². The predicted molar refractivity (Wildman–Crippen MR) is 123 cm³/mol. The van der Waals surface area contributed by atoms with Crippen molar-refractivity contribution in [2.45, 2.75) is 50.4 Å². The third kappa shape index (κ3) is 2.97. The van der Waals surface area contributed by atoms with Gasteiger partial charge in [-0.1, -0.05) is 65.9 Å². The van der Waals surface area contributed by atoms with Gasteiger partial charge in [-0.05, 0) is 73.0 Å². The molecule has 0 N–H and O–H groups in total. The molecule has 0 spiro atoms. The van der Waals surface area contributed by atoms with Crippen molar-refractivity contribution < 1.29 is 0 Å². The van der Waals surface area contributed by atoms with Crippen LogP contribution in [0.2, 0.25) is 0 Å². The fourth-order valence-corrected chi connectivity index (χ4v) is 7.93. The van der Waals surface area contributed by atoms with Crippen molar-refractivity contribution in [2.75, 3.05) is 0 Å². The molecule has 0 radical (unpaired) electrons. The van der Waals surface area contributed by atoms with Gasteiger partial charge in [0.15, 0.2) is 5.82 Å². The highest BCUT2D eigenvalue weighted by Gasteiger charge is 2.54. The molecule has 5 heteroatoms. The zero-order valence-electron chi connectivity index (χ0n) is 17.6. The second-order valence-corrected chi connectivity index (χ2v) is 11.2. The Labute approximate surface area is 186 Å². The molecule has 8 rings (SSSR count). The standard InChI is InChI=1S/C26H26N4S/c1-2-4-21(5-3-1)22-8-6-17(7-9-22)13-23-29-30-24(27-28-25(30)31-23)26-14-18-10-19(15-26)12-20(11-18)16-26/h1-9,18-20H,10-16H2. The monoisotopic (exact) mass is 426 g/mol. The normalized spacial score (nSPS) is 29.1. The molecule has 4 aromatic rings. The van der Waals surface area contributed by atoms with Crippen molar-refractivity contribution in [1.29, 1.82) is 0 Å². The summed E-state index contributed by atoms with van der Waals surface area (Å²) in [5, 5.41) is 15.4. The Bertz CT molecular complexity index is 1200. The molecule has 31 heavy (non-hydrogen) atoms. The summed E-state index contributed by atoms with van der Waals surface area (Å²) in [5.74, 6) is 3.86. The van der Waals surface area contributed by atoms with Gasteiger partial charge in [-0.15, -0.1) is 10.2 Å². The van der Waals surface area contributed by atoms with E-state index < -0.39 is 0 Å². The first-order valence-electron chi connectivity index (χ1n) is 11.6. The number of benzene rings is 2. The zero-order valence-corrected chi connectivity index (χ0v) is 18.4. The Morgan fingerprint density at radius 3 is 2.13 bits per heavy atom. The maximum absolute atomic E-state index is 5.02. The molecule has 0 amide bonds. The van der Waals surface area contributed by atoms with Gasteiger partial charge in [-0.25, -0.2) is 0 Å². The number of fused-ring (bicyclic) bond motifs is 1. The van der Waals surface area contributed by atoms with E-state index in [9.17, 15) is 0 Å². The topological polar surface area (TPSA) is 43.1 Å². The molecule has 2 aromatic heterocycles. The van der Waals surface area contributed by atoms with Gasteiger partial charge in [0, 0.05) is 11.8 Å². The molecule has 0 atom stereocenters. The zero-order chi connectivity index (χ0) is 20.4. The van der Waals surface area contributed by atoms with Crippen LogP contribution in [0.1, 0.15) is 54.9 Å². The van der Waals surface area contributed by atoms with E-state index in [1.165, 1.54) is 55.2 Å². The van der Waals surface area contributed by atoms with Gasteiger partial charge >= 0.3 is 0 Å². The Balaban J connectivity index is 1.17. The molecule has 4 fully saturated rings. The highest BCUT2D eigenvalue weighted by molar-refractivity contribution is 7.16. The second-order valence-electron chi connectivity index (χ2n) is 10.2. The first kappa shape index (κ1) is 18.1. The van der Waals surface area contributed by atoms with Crippen LogP contribution in [0.15, 0.2) is 54.6 Å². The number of rotatable bonds is 4. The molecule has 0 saturated heterocycles. The molecule has 4 aliphatic rings. The highest BCUT2D eigenvalue weighted by atomic mass is 32.1. The Kier molecular flexibility index (Phi) is 3.93. The van der Waals surface area contributed by atoms with E-state index in [1.807, 2.05) is 0 Å². The lowest BCUT2D eigenvalue weighted by atomic mass is 9.49. The van der Waals surface area contributed by atoms with Gasteiger partial charge in [0.25, 0.3) is 0 Å². The SMILES string of the molecule is c1ccc(-c2ccc(Cc3nn4c(C56CC7CC(CC(C7)C5)C6)nnc4s3)cc2)cc1. The molecule has 0 aliphatic heterocycles. The maximum atomic E-state index is 5.02. The largest absolute Gasteiger partial charge is 0.234 e. The Morgan fingerprint density at radius 1 is 0.806 bits per heavy atom. The summed E-state index contributed by atoms with van der Waals surface area (Å²) >= 11 is 1.70. The summed E-state index contributed by atoms with van der Waals surface area (Å²) in [6.45, 7) is 0. The lowest BCUT2D eigenvalue weighted by Crippen LogP contribution is -2.49. The summed E-state index contributed by atoms with van der Waals surface area (Å²) in [5.41, 5.74) is 4.04. The van der Waals surface area contributed by atoms with Crippen LogP contribution >= 0.6 is 11.3 Å². The van der Waals surface area contributed by atoms with Crippen LogP contribution in [-0.2, 0) is 11.8 Å². The van der Waals surface area contributed by atoms with Crippen molar-refractivity contribution in [3.8, 4) is 11.1 Å². The van der Waals surface area contributed by atoms with Crippen LogP contribution in [0, 0.1) is 17.8 Å². The molecule has 4 bridgehead atoms. The van der Waals surface area contributed by atoms with E-state index in [4.69, 9.17) is 10.2 Å². The predicted octanol–water partition coefficient (Wildman–Crippen LogP) is 5.91. The molecule has 4 saturated carbocycles. The van der Waals surface area contributed by atoms with Crippen molar-refractivity contribution in [1.82, 2.24) is 19.8 Å². The van der Waals surface area contributed by atoms with E-state index in [2.05, 4.69) is 64.2 Å². The van der Waals surface area contributed by atoms with Gasteiger partial charge in [-0.3, -0.25) is 0 Å². The Morgan fingerprint density at radius 2 is 1.45 bits per heavy atom. The number of aromatic nitrogens is 4. The minimum Gasteiger partial charge on any atom is -0.187 e. The molecular weight excluding hydrogens is 400 g/mol. The van der Waals surface area contributed by atoms with Gasteiger partial charge < -0.3 is 0 Å². The molecule has 4 aliphatic carbocycles. The van der Waals surface area contributed by atoms with Crippen LogP contribution in [0.25, 0.3) is 16.1 Å². The minimum absolute atomic E-state index is 0.233. The third-order valence-corrected chi connectivity index (χ3v) is 8.86. The van der Waals surface area contributed by atoms with E-state index in [-0.39, 0.29) is 5.41 Å². The summed E-state index contributed by atoms with van der Waals surface area (Å²) < 4.78 is 2.10. The van der Waals surface area contributed by atoms with Crippen LogP contribution in [0.5, 0.6) is 0 Å². The number of hydrogen-bond acceptors (Lipinski definition) is 4. The van der Waals surface area contributed by atoms with Crippen molar-refractivity contribution in [2.24, 2.45) is 17.8 Å². The fourth-order valence-electron chi connectivity index (χ4n) is 7.06. The quantitative estimate of drug-likeness (QED) is 0.407. The second kappa shape index (κ2) is 6.73. The Hall–Kier alpha value is -2.53. The fraction of sp³-hybridized carbons (Fsp3) is 0.423. The van der Waals surface area contributed by atoms with Gasteiger partial charge in [0.05, 0.1) is 0 Å². The average Bonchev–Trinajstić information content (AvgIpc) is 3.34. The molecular formula is C26H26N4S. The van der Waals surface area contributed by atoms with E-state index in [0.717, 1.165) is 40.0 Å². The lowest BCUT2D eigenvalue weighted by Gasteiger charge is -2.55. The molecule has 4 nitrogen and oxygen atoms in total. The van der Waals surface area contributed by atoms with E-state index in [1.54, 1.807) is 11.3 Å². The summed E-state index contributed by atoms with van der Waals surface area (Å²) in [7, 11) is 0. The van der Waals surface area contributed by atoms with Crippen LogP contribution in [0.4, 0.5) is 0 Å². The van der Waals surface area contributed by atoms with Crippen molar-refractivity contribution in [3.05, 3.63) is 71.0 Å². The molecule has 156 valence electrons. The van der Waals surface area contributed by atoms with Gasteiger partial charge in [0.1, 0.15) is 5.01 Å². The number of hydrogen-bond donors (Lipinski definition) is 0.